The summed E-state index contributed by atoms with van der Waals surface area (Å²) in [5.41, 5.74) is -0.0685. The van der Waals surface area contributed by atoms with Gasteiger partial charge >= 0.3 is 5.69 Å². The van der Waals surface area contributed by atoms with E-state index in [-0.39, 0.29) is 10.0 Å². The highest BCUT2D eigenvalue weighted by molar-refractivity contribution is 7.98. The van der Waals surface area contributed by atoms with Crippen LogP contribution in [0.4, 0.5) is 0 Å². The standard InChI is InChI=1S/C15H9Cl4N3OS/c16-8-1-3-10(4-2-8)24-7-13-20-21-15(23)22(13)14-11(18)5-9(17)6-12(14)19/h1-6H,7H2,(H,21,23). The van der Waals surface area contributed by atoms with Crippen LogP contribution in [-0.2, 0) is 5.75 Å². The number of H-pyrrole nitrogens is 1. The van der Waals surface area contributed by atoms with Gasteiger partial charge in [-0.15, -0.1) is 11.8 Å². The maximum absolute atomic E-state index is 12.2. The molecule has 0 fully saturated rings. The fraction of sp³-hybridized carbons (Fsp3) is 0.0667. The summed E-state index contributed by atoms with van der Waals surface area (Å²) in [7, 11) is 0. The Morgan fingerprint density at radius 2 is 1.62 bits per heavy atom. The molecule has 0 unspecified atom stereocenters. The number of nitrogens with zero attached hydrogens (tertiary/aromatic N) is 2. The first-order valence-corrected chi connectivity index (χ1v) is 9.15. The van der Waals surface area contributed by atoms with Gasteiger partial charge in [0.05, 0.1) is 21.5 Å². The van der Waals surface area contributed by atoms with Crippen molar-refractivity contribution in [1.29, 1.82) is 0 Å². The molecule has 0 amide bonds. The quantitative estimate of drug-likeness (QED) is 0.569. The van der Waals surface area contributed by atoms with Gasteiger partial charge in [0, 0.05) is 14.9 Å². The van der Waals surface area contributed by atoms with Crippen molar-refractivity contribution >= 4 is 58.2 Å². The lowest BCUT2D eigenvalue weighted by Gasteiger charge is -2.10. The van der Waals surface area contributed by atoms with Crippen molar-refractivity contribution in [3.8, 4) is 5.69 Å². The van der Waals surface area contributed by atoms with E-state index in [1.807, 2.05) is 12.1 Å². The number of hydrogen-bond donors (Lipinski definition) is 1. The SMILES string of the molecule is O=c1[nH]nc(CSc2ccc(Cl)cc2)n1-c1c(Cl)cc(Cl)cc1Cl. The lowest BCUT2D eigenvalue weighted by molar-refractivity contribution is 0.933. The maximum atomic E-state index is 12.2. The van der Waals surface area contributed by atoms with Crippen molar-refractivity contribution in [3.63, 3.8) is 0 Å². The van der Waals surface area contributed by atoms with Gasteiger partial charge in [-0.2, -0.15) is 5.10 Å². The van der Waals surface area contributed by atoms with Crippen molar-refractivity contribution < 1.29 is 0 Å². The van der Waals surface area contributed by atoms with Gasteiger partial charge in [0.2, 0.25) is 0 Å². The Kier molecular flexibility index (Phi) is 5.47. The first kappa shape index (κ1) is 17.7. The number of nitrogens with one attached hydrogen (secondary N) is 1. The van der Waals surface area contributed by atoms with Gasteiger partial charge in [-0.1, -0.05) is 46.4 Å². The molecule has 0 saturated heterocycles. The van der Waals surface area contributed by atoms with E-state index in [0.717, 1.165) is 4.90 Å². The maximum Gasteiger partial charge on any atom is 0.348 e. The van der Waals surface area contributed by atoms with Crippen LogP contribution in [0.1, 0.15) is 5.82 Å². The van der Waals surface area contributed by atoms with Crippen molar-refractivity contribution in [2.45, 2.75) is 10.6 Å². The number of thioether (sulfide) groups is 1. The van der Waals surface area contributed by atoms with Crippen LogP contribution >= 0.6 is 58.2 Å². The monoisotopic (exact) mass is 419 g/mol. The fourth-order valence-corrected chi connectivity index (χ4v) is 4.01. The molecule has 4 nitrogen and oxygen atoms in total. The van der Waals surface area contributed by atoms with Gasteiger partial charge in [-0.25, -0.2) is 14.5 Å². The Hall–Kier alpha value is -1.11. The van der Waals surface area contributed by atoms with Crippen LogP contribution in [0, 0.1) is 0 Å². The zero-order valence-electron chi connectivity index (χ0n) is 11.9. The number of aromatic amines is 1. The third-order valence-corrected chi connectivity index (χ3v) is 5.18. The summed E-state index contributed by atoms with van der Waals surface area (Å²) in [5.74, 6) is 0.932. The molecular weight excluding hydrogens is 412 g/mol. The second kappa shape index (κ2) is 7.42. The molecule has 0 saturated carbocycles. The van der Waals surface area contributed by atoms with Crippen LogP contribution < -0.4 is 5.69 Å². The topological polar surface area (TPSA) is 50.7 Å². The molecule has 0 spiro atoms. The number of halogens is 4. The Morgan fingerprint density at radius 1 is 1.00 bits per heavy atom. The average molecular weight is 421 g/mol. The van der Waals surface area contributed by atoms with Gasteiger partial charge in [-0.05, 0) is 36.4 Å². The van der Waals surface area contributed by atoms with E-state index >= 15 is 0 Å². The number of benzene rings is 2. The van der Waals surface area contributed by atoms with E-state index in [9.17, 15) is 4.79 Å². The third kappa shape index (κ3) is 3.76. The van der Waals surface area contributed by atoms with Crippen LogP contribution in [0.3, 0.4) is 0 Å². The fourth-order valence-electron chi connectivity index (χ4n) is 2.08. The number of rotatable bonds is 4. The van der Waals surface area contributed by atoms with E-state index in [4.69, 9.17) is 46.4 Å². The van der Waals surface area contributed by atoms with Crippen molar-refractivity contribution in [3.05, 3.63) is 72.8 Å². The average Bonchev–Trinajstić information content (AvgIpc) is 2.87. The van der Waals surface area contributed by atoms with E-state index in [1.54, 1.807) is 12.1 Å². The molecule has 0 radical (unpaired) electrons. The Morgan fingerprint density at radius 3 is 2.25 bits per heavy atom. The van der Waals surface area contributed by atoms with E-state index < -0.39 is 5.69 Å². The predicted molar refractivity (Wildman–Crippen MR) is 100 cm³/mol. The van der Waals surface area contributed by atoms with Crippen LogP contribution in [0.25, 0.3) is 5.69 Å². The molecule has 0 aliphatic carbocycles. The zero-order valence-corrected chi connectivity index (χ0v) is 15.7. The number of hydrogen-bond acceptors (Lipinski definition) is 3. The van der Waals surface area contributed by atoms with Gasteiger partial charge < -0.3 is 0 Å². The summed E-state index contributed by atoms with van der Waals surface area (Å²) in [6.07, 6.45) is 0. The van der Waals surface area contributed by atoms with Crippen molar-refractivity contribution in [2.75, 3.05) is 0 Å². The highest BCUT2D eigenvalue weighted by Gasteiger charge is 2.17. The molecule has 24 heavy (non-hydrogen) atoms. The molecule has 1 aromatic heterocycles. The van der Waals surface area contributed by atoms with Gasteiger partial charge in [0.1, 0.15) is 5.82 Å². The highest BCUT2D eigenvalue weighted by atomic mass is 35.5. The molecule has 0 aliphatic rings. The Balaban J connectivity index is 1.95. The summed E-state index contributed by atoms with van der Waals surface area (Å²) in [4.78, 5) is 13.1. The summed E-state index contributed by atoms with van der Waals surface area (Å²) in [6, 6.07) is 10.4. The molecule has 2 aromatic carbocycles. The van der Waals surface area contributed by atoms with Crippen molar-refractivity contribution in [1.82, 2.24) is 14.8 Å². The van der Waals surface area contributed by atoms with E-state index in [1.165, 1.54) is 28.5 Å². The molecule has 3 rings (SSSR count). The zero-order chi connectivity index (χ0) is 17.3. The molecular formula is C15H9Cl4N3OS. The Bertz CT molecular complexity index is 914. The largest absolute Gasteiger partial charge is 0.348 e. The van der Waals surface area contributed by atoms with Crippen molar-refractivity contribution in [2.24, 2.45) is 0 Å². The van der Waals surface area contributed by atoms with Crippen LogP contribution in [-0.4, -0.2) is 14.8 Å². The highest BCUT2D eigenvalue weighted by Crippen LogP contribution is 2.33. The molecule has 0 bridgehead atoms. The minimum Gasteiger partial charge on any atom is -0.246 e. The lowest BCUT2D eigenvalue weighted by atomic mass is 10.3. The molecule has 1 heterocycles. The molecule has 1 N–H and O–H groups in total. The summed E-state index contributed by atoms with van der Waals surface area (Å²) >= 11 is 25.7. The van der Waals surface area contributed by atoms with Gasteiger partial charge in [0.15, 0.2) is 0 Å². The summed E-state index contributed by atoms with van der Waals surface area (Å²) < 4.78 is 1.35. The molecule has 124 valence electrons. The van der Waals surface area contributed by atoms with E-state index in [2.05, 4.69) is 10.2 Å². The molecule has 9 heteroatoms. The van der Waals surface area contributed by atoms with Crippen LogP contribution in [0.5, 0.6) is 0 Å². The molecule has 0 atom stereocenters. The first-order valence-electron chi connectivity index (χ1n) is 6.65. The first-order chi connectivity index (χ1) is 11.5. The molecule has 0 aliphatic heterocycles. The second-order valence-corrected chi connectivity index (χ2v) is 7.48. The summed E-state index contributed by atoms with van der Waals surface area (Å²) in [6.45, 7) is 0. The van der Waals surface area contributed by atoms with Crippen LogP contribution in [0.2, 0.25) is 20.1 Å². The van der Waals surface area contributed by atoms with Gasteiger partial charge in [0.25, 0.3) is 0 Å². The normalized spacial score (nSPS) is 11.0. The van der Waals surface area contributed by atoms with Gasteiger partial charge in [-0.3, -0.25) is 0 Å². The van der Waals surface area contributed by atoms with E-state index in [0.29, 0.717) is 27.3 Å². The summed E-state index contributed by atoms with van der Waals surface area (Å²) in [5, 5.41) is 8.08. The lowest BCUT2D eigenvalue weighted by Crippen LogP contribution is -2.17. The number of aromatic nitrogens is 3. The molecule has 3 aromatic rings. The minimum absolute atomic E-state index is 0.272. The smallest absolute Gasteiger partial charge is 0.246 e. The minimum atomic E-state index is -0.423. The Labute approximate surface area is 161 Å². The van der Waals surface area contributed by atoms with Crippen LogP contribution in [0.15, 0.2) is 46.1 Å². The second-order valence-electron chi connectivity index (χ2n) is 4.74. The predicted octanol–water partition coefficient (Wildman–Crippen LogP) is 5.47. The third-order valence-electron chi connectivity index (χ3n) is 3.13.